The highest BCUT2D eigenvalue weighted by Crippen LogP contribution is 2.14. The summed E-state index contributed by atoms with van der Waals surface area (Å²) in [5.41, 5.74) is 0. The second-order valence-corrected chi connectivity index (χ2v) is 2.80. The fraction of sp³-hybridized carbons (Fsp3) is 0.400. The lowest BCUT2D eigenvalue weighted by atomic mass is 9.96. The van der Waals surface area contributed by atoms with Crippen LogP contribution in [0.3, 0.4) is 0 Å². The Balaban J connectivity index is 4.63. The second kappa shape index (κ2) is 5.66. The molecule has 0 atom stereocenters. The highest BCUT2D eigenvalue weighted by molar-refractivity contribution is 5.95. The molecule has 4 nitrogen and oxygen atoms in total. The Morgan fingerprint density at radius 3 is 1.64 bits per heavy atom. The summed E-state index contributed by atoms with van der Waals surface area (Å²) in [5, 5.41) is 0. The van der Waals surface area contributed by atoms with Crippen molar-refractivity contribution >= 4 is 11.9 Å². The van der Waals surface area contributed by atoms with Crippen LogP contribution < -0.4 is 0 Å². The van der Waals surface area contributed by atoms with Gasteiger partial charge in [0.15, 0.2) is 5.92 Å². The summed E-state index contributed by atoms with van der Waals surface area (Å²) >= 11 is 0. The molecule has 74 valence electrons. The Bertz CT molecular complexity index is 275. The van der Waals surface area contributed by atoms with Crippen molar-refractivity contribution in [3.05, 3.63) is 0 Å². The van der Waals surface area contributed by atoms with Gasteiger partial charge in [0.1, 0.15) is 12.2 Å². The molecule has 0 aliphatic rings. The number of ether oxygens (including phenoxy) is 2. The lowest BCUT2D eigenvalue weighted by molar-refractivity contribution is -0.156. The second-order valence-electron chi connectivity index (χ2n) is 2.80. The summed E-state index contributed by atoms with van der Waals surface area (Å²) in [4.78, 5) is 22.3. The molecule has 0 fully saturated rings. The quantitative estimate of drug-likeness (QED) is 0.373. The van der Waals surface area contributed by atoms with E-state index in [1.54, 1.807) is 26.1 Å². The summed E-state index contributed by atoms with van der Waals surface area (Å²) in [7, 11) is 0. The molecule has 0 aliphatic heterocycles. The van der Waals surface area contributed by atoms with Crippen molar-refractivity contribution in [2.24, 2.45) is 11.8 Å². The summed E-state index contributed by atoms with van der Waals surface area (Å²) in [6, 6.07) is 0. The molecule has 0 spiro atoms. The monoisotopic (exact) mass is 194 g/mol. The number of carbonyl (C=O) groups excluding carboxylic acids is 2. The van der Waals surface area contributed by atoms with E-state index in [2.05, 4.69) is 9.47 Å². The zero-order valence-corrected chi connectivity index (χ0v) is 7.94. The SMILES string of the molecule is C#COC(=O)C(C(=O)OC#C)C(C)C. The average Bonchev–Trinajstić information content (AvgIpc) is 2.04. The van der Waals surface area contributed by atoms with Crippen molar-refractivity contribution in [3.63, 3.8) is 0 Å². The third kappa shape index (κ3) is 3.20. The standard InChI is InChI=1S/C10H10O4/c1-5-13-9(11)8(7(3)4)10(12)14-6-2/h1-2,7-8H,3-4H3. The van der Waals surface area contributed by atoms with Gasteiger partial charge in [-0.15, -0.1) is 0 Å². The van der Waals surface area contributed by atoms with Gasteiger partial charge < -0.3 is 9.47 Å². The van der Waals surface area contributed by atoms with Crippen molar-refractivity contribution in [2.75, 3.05) is 0 Å². The number of hydrogen-bond donors (Lipinski definition) is 0. The van der Waals surface area contributed by atoms with E-state index in [0.717, 1.165) is 0 Å². The van der Waals surface area contributed by atoms with Crippen molar-refractivity contribution in [2.45, 2.75) is 13.8 Å². The molecule has 0 radical (unpaired) electrons. The maximum Gasteiger partial charge on any atom is 0.334 e. The summed E-state index contributed by atoms with van der Waals surface area (Å²) in [6.45, 7) is 3.31. The Hall–Kier alpha value is -1.94. The van der Waals surface area contributed by atoms with Crippen LogP contribution in [0.15, 0.2) is 0 Å². The molecule has 0 aromatic carbocycles. The van der Waals surface area contributed by atoms with E-state index in [1.165, 1.54) is 0 Å². The molecule has 0 aromatic heterocycles. The number of terminal acetylenes is 2. The lowest BCUT2D eigenvalue weighted by Crippen LogP contribution is -2.30. The predicted octanol–water partition coefficient (Wildman–Crippen LogP) is 0.526. The van der Waals surface area contributed by atoms with Gasteiger partial charge >= 0.3 is 11.9 Å². The molecule has 0 aliphatic carbocycles. The van der Waals surface area contributed by atoms with E-state index >= 15 is 0 Å². The van der Waals surface area contributed by atoms with Gasteiger partial charge in [0.05, 0.1) is 0 Å². The Labute approximate surface area is 82.6 Å². The fourth-order valence-corrected chi connectivity index (χ4v) is 0.884. The molecule has 0 bridgehead atoms. The molecule has 0 saturated carbocycles. The van der Waals surface area contributed by atoms with Crippen LogP contribution in [0.5, 0.6) is 0 Å². The molecule has 0 unspecified atom stereocenters. The molecule has 0 amide bonds. The largest absolute Gasteiger partial charge is 0.372 e. The topological polar surface area (TPSA) is 52.6 Å². The molecule has 0 N–H and O–H groups in total. The maximum atomic E-state index is 11.2. The van der Waals surface area contributed by atoms with E-state index in [9.17, 15) is 9.59 Å². The van der Waals surface area contributed by atoms with Crippen LogP contribution in [-0.2, 0) is 19.1 Å². The van der Waals surface area contributed by atoms with Crippen LogP contribution in [0.1, 0.15) is 13.8 Å². The van der Waals surface area contributed by atoms with Gasteiger partial charge in [0.25, 0.3) is 0 Å². The van der Waals surface area contributed by atoms with Crippen LogP contribution in [0.2, 0.25) is 0 Å². The average molecular weight is 194 g/mol. The minimum Gasteiger partial charge on any atom is -0.372 e. The van der Waals surface area contributed by atoms with Crippen molar-refractivity contribution in [1.82, 2.24) is 0 Å². The first-order valence-corrected chi connectivity index (χ1v) is 3.87. The van der Waals surface area contributed by atoms with Gasteiger partial charge in [-0.25, -0.2) is 9.59 Å². The van der Waals surface area contributed by atoms with Crippen molar-refractivity contribution in [3.8, 4) is 25.1 Å². The first-order chi connectivity index (χ1) is 6.54. The zero-order chi connectivity index (χ0) is 11.1. The van der Waals surface area contributed by atoms with Gasteiger partial charge in [-0.3, -0.25) is 0 Å². The van der Waals surface area contributed by atoms with Gasteiger partial charge in [-0.2, -0.15) is 0 Å². The third-order valence-corrected chi connectivity index (χ3v) is 1.49. The van der Waals surface area contributed by atoms with Crippen LogP contribution in [0.25, 0.3) is 0 Å². The van der Waals surface area contributed by atoms with E-state index in [-0.39, 0.29) is 5.92 Å². The predicted molar refractivity (Wildman–Crippen MR) is 48.2 cm³/mol. The smallest absolute Gasteiger partial charge is 0.334 e. The Morgan fingerprint density at radius 2 is 1.43 bits per heavy atom. The van der Waals surface area contributed by atoms with E-state index in [0.29, 0.717) is 0 Å². The number of esters is 2. The number of carbonyl (C=O) groups is 2. The van der Waals surface area contributed by atoms with Gasteiger partial charge in [0, 0.05) is 0 Å². The first kappa shape index (κ1) is 12.1. The van der Waals surface area contributed by atoms with E-state index in [1.807, 2.05) is 0 Å². The van der Waals surface area contributed by atoms with Crippen molar-refractivity contribution in [1.29, 1.82) is 0 Å². The highest BCUT2D eigenvalue weighted by Gasteiger charge is 2.33. The minimum atomic E-state index is -1.08. The molecule has 0 heterocycles. The molecule has 0 aromatic rings. The van der Waals surface area contributed by atoms with Crippen LogP contribution >= 0.6 is 0 Å². The van der Waals surface area contributed by atoms with Gasteiger partial charge in [-0.05, 0) is 5.92 Å². The molecule has 0 rings (SSSR count). The van der Waals surface area contributed by atoms with Crippen LogP contribution in [0, 0.1) is 36.9 Å². The number of rotatable bonds is 3. The Morgan fingerprint density at radius 1 is 1.07 bits per heavy atom. The molecular formula is C10H10O4. The highest BCUT2D eigenvalue weighted by atomic mass is 16.5. The molecule has 4 heteroatoms. The zero-order valence-electron chi connectivity index (χ0n) is 7.94. The van der Waals surface area contributed by atoms with E-state index in [4.69, 9.17) is 12.8 Å². The van der Waals surface area contributed by atoms with Crippen molar-refractivity contribution < 1.29 is 19.1 Å². The normalized spacial score (nSPS) is 9.00. The third-order valence-electron chi connectivity index (χ3n) is 1.49. The summed E-state index contributed by atoms with van der Waals surface area (Å²) in [6.07, 6.45) is 12.9. The maximum absolute atomic E-state index is 11.2. The van der Waals surface area contributed by atoms with E-state index < -0.39 is 17.9 Å². The van der Waals surface area contributed by atoms with Crippen LogP contribution in [-0.4, -0.2) is 11.9 Å². The number of hydrogen-bond acceptors (Lipinski definition) is 4. The van der Waals surface area contributed by atoms with Gasteiger partial charge in [-0.1, -0.05) is 26.7 Å². The summed E-state index contributed by atoms with van der Waals surface area (Å²) < 4.78 is 8.50. The fourth-order valence-electron chi connectivity index (χ4n) is 0.884. The Kier molecular flexibility index (Phi) is 4.88. The molecule has 14 heavy (non-hydrogen) atoms. The summed E-state index contributed by atoms with van der Waals surface area (Å²) in [5.74, 6) is -3.04. The molecular weight excluding hydrogens is 184 g/mol. The molecule has 0 saturated heterocycles. The van der Waals surface area contributed by atoms with Gasteiger partial charge in [0.2, 0.25) is 0 Å². The minimum absolute atomic E-state index is 0.295. The first-order valence-electron chi connectivity index (χ1n) is 3.87. The van der Waals surface area contributed by atoms with Crippen LogP contribution in [0.4, 0.5) is 0 Å². The lowest BCUT2D eigenvalue weighted by Gasteiger charge is -2.13.